The van der Waals surface area contributed by atoms with Gasteiger partial charge in [-0.3, -0.25) is 0 Å². The minimum Gasteiger partial charge on any atom is -0.316 e. The van der Waals surface area contributed by atoms with Gasteiger partial charge in [-0.25, -0.2) is 4.79 Å². The highest BCUT2D eigenvalue weighted by molar-refractivity contribution is 5.89. The number of carbonyl (C=O) groups excluding carboxylic acids is 1. The fourth-order valence-electron chi connectivity index (χ4n) is 5.36. The molecule has 1 fully saturated rings. The fourth-order valence-corrected chi connectivity index (χ4v) is 5.36. The molecule has 1 aliphatic carbocycles. The highest BCUT2D eigenvalue weighted by Crippen LogP contribution is 2.30. The topological polar surface area (TPSA) is 44.4 Å². The lowest BCUT2D eigenvalue weighted by Crippen LogP contribution is -2.34. The van der Waals surface area contributed by atoms with Gasteiger partial charge in [-0.15, -0.1) is 0 Å². The molecule has 42 heavy (non-hydrogen) atoms. The van der Waals surface area contributed by atoms with Crippen molar-refractivity contribution in [2.45, 2.75) is 64.0 Å². The van der Waals surface area contributed by atoms with Crippen LogP contribution in [-0.4, -0.2) is 17.0 Å². The van der Waals surface area contributed by atoms with Crippen LogP contribution in [-0.2, 0) is 25.8 Å². The molecule has 0 unspecified atom stereocenters. The lowest BCUT2D eigenvalue weighted by Gasteiger charge is -2.24. The Morgan fingerprint density at radius 1 is 0.690 bits per heavy atom. The molecule has 1 saturated carbocycles. The third-order valence-electron chi connectivity index (χ3n) is 7.78. The second-order valence-corrected chi connectivity index (χ2v) is 11.0. The number of nitrogens with one attached hydrogen (secondary N) is 2. The van der Waals surface area contributed by atoms with Gasteiger partial charge in [0.05, 0.1) is 5.56 Å². The third-order valence-corrected chi connectivity index (χ3v) is 7.78. The molecule has 218 valence electrons. The van der Waals surface area contributed by atoms with Crippen LogP contribution in [0.2, 0.25) is 0 Å². The van der Waals surface area contributed by atoms with E-state index in [9.17, 15) is 18.0 Å². The number of amides is 2. The molecule has 2 N–H and O–H groups in total. The third kappa shape index (κ3) is 8.23. The predicted molar refractivity (Wildman–Crippen MR) is 162 cm³/mol. The van der Waals surface area contributed by atoms with Crippen molar-refractivity contribution in [1.82, 2.24) is 10.2 Å². The van der Waals surface area contributed by atoms with E-state index in [1.54, 1.807) is 4.90 Å². The second kappa shape index (κ2) is 13.7. The monoisotopic (exact) mass is 571 g/mol. The first-order chi connectivity index (χ1) is 20.3. The van der Waals surface area contributed by atoms with E-state index in [0.29, 0.717) is 24.8 Å². The van der Waals surface area contributed by atoms with Crippen molar-refractivity contribution in [3.05, 3.63) is 125 Å². The minimum absolute atomic E-state index is 0.304. The standard InChI is InChI=1S/C35H36F3N3O/c36-35(37,38)31-19-21-33(22-20-31)40-34(42)41(24-27-7-3-1-4-8-27)25-28-13-17-30(18-14-28)29-15-11-26(12-16-29)23-39-32-9-5-2-6-10-32/h1,3-4,7-8,11-22,32,39H,2,5-6,9-10,23-25H2,(H,40,42). The Hall–Kier alpha value is -4.10. The van der Waals surface area contributed by atoms with Crippen molar-refractivity contribution in [3.8, 4) is 11.1 Å². The minimum atomic E-state index is -4.43. The normalized spacial score (nSPS) is 14.0. The van der Waals surface area contributed by atoms with E-state index in [1.807, 2.05) is 42.5 Å². The smallest absolute Gasteiger partial charge is 0.316 e. The molecule has 7 heteroatoms. The summed E-state index contributed by atoms with van der Waals surface area (Å²) < 4.78 is 38.8. The Morgan fingerprint density at radius 2 is 1.24 bits per heavy atom. The maximum Gasteiger partial charge on any atom is 0.416 e. The number of rotatable bonds is 9. The SMILES string of the molecule is O=C(Nc1ccc(C(F)(F)F)cc1)N(Cc1ccccc1)Cc1ccc(-c2ccc(CNC3CCCCC3)cc2)cc1. The molecule has 4 aromatic carbocycles. The zero-order valence-corrected chi connectivity index (χ0v) is 23.5. The second-order valence-electron chi connectivity index (χ2n) is 11.0. The van der Waals surface area contributed by atoms with Crippen LogP contribution in [0.4, 0.5) is 23.7 Å². The summed E-state index contributed by atoms with van der Waals surface area (Å²) in [5.74, 6) is 0. The van der Waals surface area contributed by atoms with Crippen LogP contribution in [0.3, 0.4) is 0 Å². The van der Waals surface area contributed by atoms with Crippen LogP contribution in [0.5, 0.6) is 0 Å². The van der Waals surface area contributed by atoms with Crippen LogP contribution in [0.25, 0.3) is 11.1 Å². The molecule has 4 aromatic rings. The van der Waals surface area contributed by atoms with Gasteiger partial charge < -0.3 is 15.5 Å². The van der Waals surface area contributed by atoms with Gasteiger partial charge in [0.15, 0.2) is 0 Å². The lowest BCUT2D eigenvalue weighted by atomic mass is 9.95. The Kier molecular flexibility index (Phi) is 9.59. The van der Waals surface area contributed by atoms with E-state index in [-0.39, 0.29) is 6.03 Å². The van der Waals surface area contributed by atoms with Gasteiger partial charge in [-0.1, -0.05) is 98.1 Å². The summed E-state index contributed by atoms with van der Waals surface area (Å²) in [6.07, 6.45) is 2.10. The largest absolute Gasteiger partial charge is 0.416 e. The molecular weight excluding hydrogens is 535 g/mol. The summed E-state index contributed by atoms with van der Waals surface area (Å²) in [4.78, 5) is 14.9. The summed E-state index contributed by atoms with van der Waals surface area (Å²) in [6.45, 7) is 1.58. The van der Waals surface area contributed by atoms with Crippen molar-refractivity contribution in [3.63, 3.8) is 0 Å². The molecule has 0 radical (unpaired) electrons. The molecule has 2 amide bonds. The average molecular weight is 572 g/mol. The fraction of sp³-hybridized carbons (Fsp3) is 0.286. The molecule has 0 aliphatic heterocycles. The first-order valence-electron chi connectivity index (χ1n) is 14.5. The highest BCUT2D eigenvalue weighted by atomic mass is 19.4. The molecule has 0 bridgehead atoms. The van der Waals surface area contributed by atoms with Crippen molar-refractivity contribution >= 4 is 11.7 Å². The number of halogens is 3. The number of benzene rings is 4. The van der Waals surface area contributed by atoms with Gasteiger partial charge in [0.25, 0.3) is 0 Å². The number of carbonyl (C=O) groups is 1. The Morgan fingerprint density at radius 3 is 1.81 bits per heavy atom. The van der Waals surface area contributed by atoms with Crippen molar-refractivity contribution in [1.29, 1.82) is 0 Å². The van der Waals surface area contributed by atoms with Crippen molar-refractivity contribution in [2.75, 3.05) is 5.32 Å². The molecule has 5 rings (SSSR count). The molecule has 1 aliphatic rings. The number of hydrogen-bond donors (Lipinski definition) is 2. The van der Waals surface area contributed by atoms with Gasteiger partial charge in [-0.2, -0.15) is 13.2 Å². The zero-order valence-electron chi connectivity index (χ0n) is 23.5. The Balaban J connectivity index is 1.23. The molecular formula is C35H36F3N3O. The molecule has 4 nitrogen and oxygen atoms in total. The number of alkyl halides is 3. The molecule has 0 heterocycles. The van der Waals surface area contributed by atoms with Crippen molar-refractivity contribution in [2.24, 2.45) is 0 Å². The number of hydrogen-bond acceptors (Lipinski definition) is 2. The quantitative estimate of drug-likeness (QED) is 0.211. The number of nitrogens with zero attached hydrogens (tertiary/aromatic N) is 1. The van der Waals surface area contributed by atoms with Gasteiger partial charge in [0, 0.05) is 31.4 Å². The van der Waals surface area contributed by atoms with E-state index in [4.69, 9.17) is 0 Å². The Labute approximate surface area is 245 Å². The molecule has 0 aromatic heterocycles. The van der Waals surface area contributed by atoms with Gasteiger partial charge in [-0.05, 0) is 64.9 Å². The van der Waals surface area contributed by atoms with E-state index in [1.165, 1.54) is 49.8 Å². The molecule has 0 atom stereocenters. The summed E-state index contributed by atoms with van der Waals surface area (Å²) in [6, 6.07) is 31.1. The van der Waals surface area contributed by atoms with Crippen LogP contribution in [0, 0.1) is 0 Å². The van der Waals surface area contributed by atoms with Crippen LogP contribution >= 0.6 is 0 Å². The van der Waals surface area contributed by atoms with E-state index < -0.39 is 11.7 Å². The average Bonchev–Trinajstić information content (AvgIpc) is 3.01. The summed E-state index contributed by atoms with van der Waals surface area (Å²) >= 11 is 0. The maximum atomic E-state index is 13.3. The lowest BCUT2D eigenvalue weighted by molar-refractivity contribution is -0.137. The van der Waals surface area contributed by atoms with Crippen molar-refractivity contribution < 1.29 is 18.0 Å². The van der Waals surface area contributed by atoms with Gasteiger partial charge >= 0.3 is 12.2 Å². The first kappa shape index (κ1) is 29.4. The summed E-state index contributed by atoms with van der Waals surface area (Å²) in [5.41, 5.74) is 4.95. The summed E-state index contributed by atoms with van der Waals surface area (Å²) in [7, 11) is 0. The van der Waals surface area contributed by atoms with Gasteiger partial charge in [0.2, 0.25) is 0 Å². The van der Waals surface area contributed by atoms with E-state index >= 15 is 0 Å². The predicted octanol–water partition coefficient (Wildman–Crippen LogP) is 9.03. The first-order valence-corrected chi connectivity index (χ1v) is 14.5. The Bertz CT molecular complexity index is 1410. The number of anilines is 1. The van der Waals surface area contributed by atoms with E-state index in [0.717, 1.165) is 40.9 Å². The zero-order chi connectivity index (χ0) is 29.4. The van der Waals surface area contributed by atoms with E-state index in [2.05, 4.69) is 47.0 Å². The summed E-state index contributed by atoms with van der Waals surface area (Å²) in [5, 5.41) is 6.44. The maximum absolute atomic E-state index is 13.3. The van der Waals surface area contributed by atoms with Crippen LogP contribution < -0.4 is 10.6 Å². The molecule has 0 spiro atoms. The number of urea groups is 1. The van der Waals surface area contributed by atoms with Crippen LogP contribution in [0.1, 0.15) is 54.4 Å². The van der Waals surface area contributed by atoms with Gasteiger partial charge in [0.1, 0.15) is 0 Å². The van der Waals surface area contributed by atoms with Crippen LogP contribution in [0.15, 0.2) is 103 Å². The molecule has 0 saturated heterocycles. The highest BCUT2D eigenvalue weighted by Gasteiger charge is 2.30.